The molecule has 1 aliphatic carbocycles. The molecule has 0 bridgehead atoms. The Morgan fingerprint density at radius 2 is 1.90 bits per heavy atom. The van der Waals surface area contributed by atoms with E-state index in [1.54, 1.807) is 11.9 Å². The number of hydrogen-bond acceptors (Lipinski definition) is 4. The quantitative estimate of drug-likeness (QED) is 0.377. The third-order valence-corrected chi connectivity index (χ3v) is 6.04. The lowest BCUT2D eigenvalue weighted by atomic mass is 9.68. The molecule has 0 saturated carbocycles. The molecule has 2 rings (SSSR count). The standard InChI is InChI=1S/C22H37N3O4/c1-5-9-15-10-11-16-18(17(15)20(27)23-4)22(29)25(12-7-6-8-13-26)19(16)21(28)24-14(2)3/h10-11,14-19,26H,5-9,12-13H2,1-4H3,(H,23,27)(H,24,28)/t15-,16+,17-,18+,19+/m1/s1. The van der Waals surface area contributed by atoms with E-state index in [0.717, 1.165) is 25.7 Å². The fraction of sp³-hybridized carbons (Fsp3) is 0.773. The lowest BCUT2D eigenvalue weighted by Gasteiger charge is -2.34. The molecule has 1 saturated heterocycles. The van der Waals surface area contributed by atoms with Gasteiger partial charge in [-0.3, -0.25) is 14.4 Å². The van der Waals surface area contributed by atoms with Crippen LogP contribution in [0.2, 0.25) is 0 Å². The summed E-state index contributed by atoms with van der Waals surface area (Å²) in [5.74, 6) is -1.61. The van der Waals surface area contributed by atoms with Crippen LogP contribution in [0.1, 0.15) is 52.9 Å². The van der Waals surface area contributed by atoms with Gasteiger partial charge in [-0.15, -0.1) is 0 Å². The second-order valence-electron chi connectivity index (χ2n) is 8.50. The zero-order valence-corrected chi connectivity index (χ0v) is 18.2. The Morgan fingerprint density at radius 1 is 1.17 bits per heavy atom. The van der Waals surface area contributed by atoms with E-state index in [9.17, 15) is 14.4 Å². The number of hydrogen-bond donors (Lipinski definition) is 3. The van der Waals surface area contributed by atoms with Crippen molar-refractivity contribution in [3.63, 3.8) is 0 Å². The molecule has 0 aromatic carbocycles. The Morgan fingerprint density at radius 3 is 2.48 bits per heavy atom. The van der Waals surface area contributed by atoms with Gasteiger partial charge < -0.3 is 20.6 Å². The van der Waals surface area contributed by atoms with Gasteiger partial charge in [-0.25, -0.2) is 0 Å². The van der Waals surface area contributed by atoms with Crippen LogP contribution in [0.4, 0.5) is 0 Å². The van der Waals surface area contributed by atoms with Gasteiger partial charge in [-0.2, -0.15) is 0 Å². The summed E-state index contributed by atoms with van der Waals surface area (Å²) >= 11 is 0. The van der Waals surface area contributed by atoms with Crippen molar-refractivity contribution in [3.8, 4) is 0 Å². The molecule has 7 heteroatoms. The van der Waals surface area contributed by atoms with Gasteiger partial charge in [0, 0.05) is 32.2 Å². The first kappa shape index (κ1) is 23.4. The van der Waals surface area contributed by atoms with Crippen molar-refractivity contribution in [2.45, 2.75) is 65.0 Å². The molecule has 0 radical (unpaired) electrons. The molecule has 0 spiro atoms. The van der Waals surface area contributed by atoms with E-state index in [2.05, 4.69) is 17.6 Å². The van der Waals surface area contributed by atoms with E-state index in [-0.39, 0.29) is 42.2 Å². The predicted octanol–water partition coefficient (Wildman–Crippen LogP) is 1.47. The fourth-order valence-corrected chi connectivity index (χ4v) is 4.81. The number of nitrogens with one attached hydrogen (secondary N) is 2. The zero-order chi connectivity index (χ0) is 21.6. The van der Waals surface area contributed by atoms with Gasteiger partial charge in [0.2, 0.25) is 17.7 Å². The van der Waals surface area contributed by atoms with Crippen LogP contribution < -0.4 is 10.6 Å². The van der Waals surface area contributed by atoms with Crippen LogP contribution in [0.5, 0.6) is 0 Å². The summed E-state index contributed by atoms with van der Waals surface area (Å²) in [6.45, 7) is 6.47. The first-order chi connectivity index (χ1) is 13.9. The highest BCUT2D eigenvalue weighted by Gasteiger charge is 2.56. The summed E-state index contributed by atoms with van der Waals surface area (Å²) in [5, 5.41) is 14.7. The number of carbonyl (C=O) groups excluding carboxylic acids is 3. The maximum Gasteiger partial charge on any atom is 0.243 e. The number of likely N-dealkylation sites (tertiary alicyclic amines) is 1. The molecule has 3 amide bonds. The van der Waals surface area contributed by atoms with E-state index in [1.807, 2.05) is 26.0 Å². The van der Waals surface area contributed by atoms with E-state index in [0.29, 0.717) is 13.0 Å². The molecule has 0 aromatic heterocycles. The maximum atomic E-state index is 13.5. The maximum absolute atomic E-state index is 13.5. The Hall–Kier alpha value is -1.89. The smallest absolute Gasteiger partial charge is 0.243 e. The minimum absolute atomic E-state index is 0.00768. The monoisotopic (exact) mass is 407 g/mol. The number of rotatable bonds is 10. The van der Waals surface area contributed by atoms with Crippen LogP contribution >= 0.6 is 0 Å². The highest BCUT2D eigenvalue weighted by Crippen LogP contribution is 2.45. The van der Waals surface area contributed by atoms with Crippen molar-refractivity contribution >= 4 is 17.7 Å². The lowest BCUT2D eigenvalue weighted by molar-refractivity contribution is -0.141. The van der Waals surface area contributed by atoms with Gasteiger partial charge in [0.1, 0.15) is 6.04 Å². The zero-order valence-electron chi connectivity index (χ0n) is 18.2. The lowest BCUT2D eigenvalue weighted by Crippen LogP contribution is -2.49. The normalized spacial score (nSPS) is 28.6. The van der Waals surface area contributed by atoms with Crippen LogP contribution in [0, 0.1) is 23.7 Å². The van der Waals surface area contributed by atoms with Crippen molar-refractivity contribution in [2.24, 2.45) is 23.7 Å². The van der Waals surface area contributed by atoms with E-state index < -0.39 is 17.9 Å². The predicted molar refractivity (Wildman–Crippen MR) is 112 cm³/mol. The Bertz CT molecular complexity index is 619. The van der Waals surface area contributed by atoms with Gasteiger partial charge >= 0.3 is 0 Å². The number of allylic oxidation sites excluding steroid dienone is 1. The van der Waals surface area contributed by atoms with E-state index in [4.69, 9.17) is 5.11 Å². The third kappa shape index (κ3) is 5.18. The highest BCUT2D eigenvalue weighted by atomic mass is 16.3. The first-order valence-electron chi connectivity index (χ1n) is 11.0. The van der Waals surface area contributed by atoms with Crippen molar-refractivity contribution in [3.05, 3.63) is 12.2 Å². The molecule has 1 aliphatic heterocycles. The molecule has 29 heavy (non-hydrogen) atoms. The largest absolute Gasteiger partial charge is 0.396 e. The number of nitrogens with zero attached hydrogens (tertiary/aromatic N) is 1. The van der Waals surface area contributed by atoms with E-state index >= 15 is 0 Å². The molecule has 1 heterocycles. The van der Waals surface area contributed by atoms with Gasteiger partial charge in [0.25, 0.3) is 0 Å². The minimum Gasteiger partial charge on any atom is -0.396 e. The molecular weight excluding hydrogens is 370 g/mol. The van der Waals surface area contributed by atoms with Crippen LogP contribution in [-0.2, 0) is 14.4 Å². The number of aliphatic hydroxyl groups is 1. The summed E-state index contributed by atoms with van der Waals surface area (Å²) in [5.41, 5.74) is 0. The summed E-state index contributed by atoms with van der Waals surface area (Å²) in [6, 6.07) is -0.613. The van der Waals surface area contributed by atoms with Crippen molar-refractivity contribution in [1.29, 1.82) is 0 Å². The fourth-order valence-electron chi connectivity index (χ4n) is 4.81. The molecule has 0 aromatic rings. The summed E-state index contributed by atoms with van der Waals surface area (Å²) in [6.07, 6.45) is 8.01. The van der Waals surface area contributed by atoms with Gasteiger partial charge in [0.05, 0.1) is 11.8 Å². The Labute approximate surface area is 174 Å². The topological polar surface area (TPSA) is 98.7 Å². The molecule has 1 fully saturated rings. The molecule has 5 atom stereocenters. The third-order valence-electron chi connectivity index (χ3n) is 6.04. The second kappa shape index (κ2) is 10.8. The van der Waals surface area contributed by atoms with Crippen LogP contribution in [0.3, 0.4) is 0 Å². The number of amides is 3. The minimum atomic E-state index is -0.588. The Balaban J connectivity index is 2.36. The number of aliphatic hydroxyl groups excluding tert-OH is 1. The number of fused-ring (bicyclic) bond motifs is 1. The van der Waals surface area contributed by atoms with Crippen molar-refractivity contribution < 1.29 is 19.5 Å². The molecule has 2 aliphatic rings. The summed E-state index contributed by atoms with van der Waals surface area (Å²) in [4.78, 5) is 40.9. The van der Waals surface area contributed by atoms with Crippen LogP contribution in [-0.4, -0.2) is 60.0 Å². The SMILES string of the molecule is CCC[C@@H]1C=C[C@H]2[C@H](C(=O)N(CCCCCO)[C@@H]2C(=O)NC(C)C)[C@@H]1C(=O)NC. The van der Waals surface area contributed by atoms with E-state index in [1.165, 1.54) is 0 Å². The van der Waals surface area contributed by atoms with Crippen molar-refractivity contribution in [2.75, 3.05) is 20.2 Å². The first-order valence-corrected chi connectivity index (χ1v) is 11.0. The second-order valence-corrected chi connectivity index (χ2v) is 8.50. The summed E-state index contributed by atoms with van der Waals surface area (Å²) < 4.78 is 0. The van der Waals surface area contributed by atoms with Crippen LogP contribution in [0.15, 0.2) is 12.2 Å². The molecule has 3 N–H and O–H groups in total. The molecule has 7 nitrogen and oxygen atoms in total. The van der Waals surface area contributed by atoms with Gasteiger partial charge in [0.15, 0.2) is 0 Å². The highest BCUT2D eigenvalue weighted by molar-refractivity contribution is 5.96. The van der Waals surface area contributed by atoms with Gasteiger partial charge in [-0.05, 0) is 45.4 Å². The average Bonchev–Trinajstić information content (AvgIpc) is 2.96. The Kier molecular flexibility index (Phi) is 8.68. The number of carbonyl (C=O) groups is 3. The average molecular weight is 408 g/mol. The molecule has 0 unspecified atom stereocenters. The van der Waals surface area contributed by atoms with Gasteiger partial charge in [-0.1, -0.05) is 25.5 Å². The summed E-state index contributed by atoms with van der Waals surface area (Å²) in [7, 11) is 1.60. The number of unbranched alkanes of at least 4 members (excludes halogenated alkanes) is 2. The molecule has 164 valence electrons. The molecular formula is C22H37N3O4. The van der Waals surface area contributed by atoms with Crippen molar-refractivity contribution in [1.82, 2.24) is 15.5 Å². The van der Waals surface area contributed by atoms with Crippen LogP contribution in [0.25, 0.3) is 0 Å².